The van der Waals surface area contributed by atoms with Crippen LogP contribution in [0.1, 0.15) is 27.0 Å². The Hall–Kier alpha value is -1.13. The highest BCUT2D eigenvalue weighted by atomic mass is 32.1. The number of carbonyl (C=O) groups is 1. The van der Waals surface area contributed by atoms with Gasteiger partial charge in [-0.25, -0.2) is 4.79 Å². The first-order valence-electron chi connectivity index (χ1n) is 4.68. The molecule has 82 valence electrons. The smallest absolute Gasteiger partial charge is 0.345 e. The van der Waals surface area contributed by atoms with Crippen molar-refractivity contribution in [1.29, 1.82) is 0 Å². The third kappa shape index (κ3) is 3.49. The third-order valence-corrected chi connectivity index (χ3v) is 3.05. The van der Waals surface area contributed by atoms with Crippen LogP contribution in [0.15, 0.2) is 18.2 Å². The summed E-state index contributed by atoms with van der Waals surface area (Å²) in [5.74, 6) is -0.853. The molecule has 0 radical (unpaired) electrons. The van der Waals surface area contributed by atoms with E-state index in [9.17, 15) is 4.79 Å². The number of carboxylic acids is 1. The first kappa shape index (κ1) is 11.9. The maximum atomic E-state index is 10.7. The van der Waals surface area contributed by atoms with Crippen molar-refractivity contribution in [1.82, 2.24) is 5.32 Å². The summed E-state index contributed by atoms with van der Waals surface area (Å²) in [5, 5.41) is 12.0. The van der Waals surface area contributed by atoms with Gasteiger partial charge in [0, 0.05) is 18.0 Å². The molecule has 0 aliphatic heterocycles. The number of hydrogen-bond acceptors (Lipinski definition) is 3. The normalized spacial score (nSPS) is 10.3. The zero-order chi connectivity index (χ0) is 11.4. The Bertz CT molecular complexity index is 382. The van der Waals surface area contributed by atoms with E-state index in [1.54, 1.807) is 6.07 Å². The molecular formula is C11H15NO2S. The van der Waals surface area contributed by atoms with Gasteiger partial charge in [-0.2, -0.15) is 0 Å². The van der Waals surface area contributed by atoms with Crippen molar-refractivity contribution in [3.8, 4) is 0 Å². The molecule has 2 N–H and O–H groups in total. The van der Waals surface area contributed by atoms with Crippen LogP contribution in [0.5, 0.6) is 0 Å². The van der Waals surface area contributed by atoms with Crippen LogP contribution in [-0.2, 0) is 6.54 Å². The zero-order valence-corrected chi connectivity index (χ0v) is 9.78. The van der Waals surface area contributed by atoms with E-state index in [2.05, 4.69) is 11.9 Å². The van der Waals surface area contributed by atoms with Crippen LogP contribution >= 0.6 is 11.3 Å². The molecule has 0 amide bonds. The van der Waals surface area contributed by atoms with Crippen LogP contribution in [-0.4, -0.2) is 17.6 Å². The van der Waals surface area contributed by atoms with Gasteiger partial charge in [-0.15, -0.1) is 11.3 Å². The Morgan fingerprint density at radius 1 is 1.67 bits per heavy atom. The van der Waals surface area contributed by atoms with Crippen molar-refractivity contribution in [2.45, 2.75) is 20.4 Å². The Morgan fingerprint density at radius 3 is 2.80 bits per heavy atom. The fourth-order valence-electron chi connectivity index (χ4n) is 1.21. The van der Waals surface area contributed by atoms with Crippen molar-refractivity contribution in [3.05, 3.63) is 33.5 Å². The largest absolute Gasteiger partial charge is 0.477 e. The van der Waals surface area contributed by atoms with Crippen LogP contribution in [0.25, 0.3) is 0 Å². The van der Waals surface area contributed by atoms with Gasteiger partial charge < -0.3 is 10.4 Å². The lowest BCUT2D eigenvalue weighted by atomic mass is 10.2. The molecule has 0 bridgehead atoms. The minimum Gasteiger partial charge on any atom is -0.477 e. The summed E-state index contributed by atoms with van der Waals surface area (Å²) in [5.41, 5.74) is 2.12. The summed E-state index contributed by atoms with van der Waals surface area (Å²) in [4.78, 5) is 12.2. The predicted molar refractivity (Wildman–Crippen MR) is 62.5 cm³/mol. The van der Waals surface area contributed by atoms with Gasteiger partial charge in [-0.05, 0) is 25.5 Å². The van der Waals surface area contributed by atoms with Crippen LogP contribution in [0, 0.1) is 6.92 Å². The van der Waals surface area contributed by atoms with E-state index in [1.807, 2.05) is 13.8 Å². The molecule has 4 heteroatoms. The molecule has 0 aliphatic carbocycles. The van der Waals surface area contributed by atoms with E-state index in [0.29, 0.717) is 11.4 Å². The number of carboxylic acid groups (broad SMARTS) is 1. The van der Waals surface area contributed by atoms with Gasteiger partial charge in [-0.3, -0.25) is 0 Å². The van der Waals surface area contributed by atoms with Crippen LogP contribution in [0.4, 0.5) is 0 Å². The number of rotatable bonds is 5. The summed E-state index contributed by atoms with van der Waals surface area (Å²) in [6.07, 6.45) is 0. The lowest BCUT2D eigenvalue weighted by molar-refractivity contribution is 0.0702. The van der Waals surface area contributed by atoms with Crippen molar-refractivity contribution >= 4 is 17.3 Å². The Balaban J connectivity index is 2.61. The number of aryl methyl sites for hydroxylation is 1. The molecule has 0 saturated carbocycles. The fourth-order valence-corrected chi connectivity index (χ4v) is 2.09. The molecule has 0 atom stereocenters. The minimum atomic E-state index is -0.853. The Morgan fingerprint density at radius 2 is 2.33 bits per heavy atom. The second-order valence-electron chi connectivity index (χ2n) is 3.56. The molecule has 1 rings (SSSR count). The predicted octanol–water partition coefficient (Wildman–Crippen LogP) is 2.42. The molecule has 1 aromatic rings. The van der Waals surface area contributed by atoms with Crippen LogP contribution in [0.3, 0.4) is 0 Å². The molecule has 0 saturated heterocycles. The third-order valence-electron chi connectivity index (χ3n) is 1.97. The lowest BCUT2D eigenvalue weighted by Crippen LogP contribution is -2.15. The summed E-state index contributed by atoms with van der Waals surface area (Å²) in [7, 11) is 0. The number of thiophene rings is 1. The minimum absolute atomic E-state index is 0.402. The molecule has 0 aromatic carbocycles. The highest BCUT2D eigenvalue weighted by Crippen LogP contribution is 2.21. The van der Waals surface area contributed by atoms with Gasteiger partial charge in [0.15, 0.2) is 0 Å². The monoisotopic (exact) mass is 225 g/mol. The first-order valence-corrected chi connectivity index (χ1v) is 5.50. The summed E-state index contributed by atoms with van der Waals surface area (Å²) >= 11 is 1.32. The average Bonchev–Trinajstić information content (AvgIpc) is 2.47. The average molecular weight is 225 g/mol. The van der Waals surface area contributed by atoms with Gasteiger partial charge >= 0.3 is 5.97 Å². The van der Waals surface area contributed by atoms with Crippen LogP contribution in [0.2, 0.25) is 0 Å². The fraction of sp³-hybridized carbons (Fsp3) is 0.364. The van der Waals surface area contributed by atoms with Crippen molar-refractivity contribution in [3.63, 3.8) is 0 Å². The number of aromatic carboxylic acids is 1. The SMILES string of the molecule is C=C(C)CNCc1cc(C(=O)O)sc1C. The van der Waals surface area contributed by atoms with Gasteiger partial charge in [0.1, 0.15) is 4.88 Å². The maximum Gasteiger partial charge on any atom is 0.345 e. The zero-order valence-electron chi connectivity index (χ0n) is 8.96. The highest BCUT2D eigenvalue weighted by Gasteiger charge is 2.10. The molecule has 1 aromatic heterocycles. The Kier molecular flexibility index (Phi) is 4.05. The lowest BCUT2D eigenvalue weighted by Gasteiger charge is -2.02. The van der Waals surface area contributed by atoms with E-state index >= 15 is 0 Å². The number of hydrogen-bond donors (Lipinski definition) is 2. The van der Waals surface area contributed by atoms with Crippen molar-refractivity contribution in [2.24, 2.45) is 0 Å². The molecule has 0 spiro atoms. The van der Waals surface area contributed by atoms with E-state index in [4.69, 9.17) is 5.11 Å². The molecule has 0 aliphatic rings. The van der Waals surface area contributed by atoms with E-state index < -0.39 is 5.97 Å². The molecule has 3 nitrogen and oxygen atoms in total. The molecular weight excluding hydrogens is 210 g/mol. The first-order chi connectivity index (χ1) is 7.00. The van der Waals surface area contributed by atoms with E-state index in [0.717, 1.165) is 22.6 Å². The second-order valence-corrected chi connectivity index (χ2v) is 4.81. The van der Waals surface area contributed by atoms with Crippen molar-refractivity contribution < 1.29 is 9.90 Å². The quantitative estimate of drug-likeness (QED) is 0.757. The topological polar surface area (TPSA) is 49.3 Å². The highest BCUT2D eigenvalue weighted by molar-refractivity contribution is 7.14. The Labute approximate surface area is 93.4 Å². The van der Waals surface area contributed by atoms with Gasteiger partial charge in [-0.1, -0.05) is 12.2 Å². The summed E-state index contributed by atoms with van der Waals surface area (Å²) in [6, 6.07) is 1.73. The van der Waals surface area contributed by atoms with Crippen LogP contribution < -0.4 is 5.32 Å². The summed E-state index contributed by atoms with van der Waals surface area (Å²) in [6.45, 7) is 9.14. The van der Waals surface area contributed by atoms with Gasteiger partial charge in [0.2, 0.25) is 0 Å². The van der Waals surface area contributed by atoms with Gasteiger partial charge in [0.05, 0.1) is 0 Å². The molecule has 1 heterocycles. The second kappa shape index (κ2) is 5.09. The maximum absolute atomic E-state index is 10.7. The number of nitrogens with one attached hydrogen (secondary N) is 1. The standard InChI is InChI=1S/C11H15NO2S/c1-7(2)5-12-6-9-4-10(11(13)14)15-8(9)3/h4,12H,1,5-6H2,2-3H3,(H,13,14). The van der Waals surface area contributed by atoms with Gasteiger partial charge in [0.25, 0.3) is 0 Å². The summed E-state index contributed by atoms with van der Waals surface area (Å²) < 4.78 is 0. The molecule has 0 unspecified atom stereocenters. The van der Waals surface area contributed by atoms with Crippen molar-refractivity contribution in [2.75, 3.05) is 6.54 Å². The van der Waals surface area contributed by atoms with E-state index in [1.165, 1.54) is 11.3 Å². The van der Waals surface area contributed by atoms with E-state index in [-0.39, 0.29) is 0 Å². The molecule has 15 heavy (non-hydrogen) atoms. The molecule has 0 fully saturated rings.